The molecule has 0 radical (unpaired) electrons. The SMILES string of the molecule is CCOC(=O)/C=C1/C(=O)Nc2c(Br)cccc21. The van der Waals surface area contributed by atoms with E-state index in [9.17, 15) is 9.59 Å². The van der Waals surface area contributed by atoms with Gasteiger partial charge in [-0.15, -0.1) is 0 Å². The van der Waals surface area contributed by atoms with E-state index >= 15 is 0 Å². The molecule has 1 amide bonds. The highest BCUT2D eigenvalue weighted by Gasteiger charge is 2.26. The predicted molar refractivity (Wildman–Crippen MR) is 67.4 cm³/mol. The number of carbonyl (C=O) groups is 2. The largest absolute Gasteiger partial charge is 0.463 e. The van der Waals surface area contributed by atoms with Crippen LogP contribution in [0.25, 0.3) is 5.57 Å². The van der Waals surface area contributed by atoms with Crippen LogP contribution in [0, 0.1) is 0 Å². The van der Waals surface area contributed by atoms with Gasteiger partial charge in [0.2, 0.25) is 0 Å². The Morgan fingerprint density at radius 2 is 2.29 bits per heavy atom. The van der Waals surface area contributed by atoms with E-state index < -0.39 is 5.97 Å². The first kappa shape index (κ1) is 11.9. The highest BCUT2D eigenvalue weighted by molar-refractivity contribution is 9.10. The Labute approximate surface area is 107 Å². The summed E-state index contributed by atoms with van der Waals surface area (Å²) in [6, 6.07) is 5.41. The van der Waals surface area contributed by atoms with E-state index in [0.29, 0.717) is 16.8 Å². The molecule has 0 aromatic heterocycles. The number of esters is 1. The molecule has 1 heterocycles. The number of hydrogen-bond acceptors (Lipinski definition) is 3. The van der Waals surface area contributed by atoms with Crippen molar-refractivity contribution >= 4 is 39.1 Å². The van der Waals surface area contributed by atoms with E-state index in [0.717, 1.165) is 4.47 Å². The first-order valence-electron chi connectivity index (χ1n) is 5.12. The number of anilines is 1. The van der Waals surface area contributed by atoms with Crippen LogP contribution in [-0.4, -0.2) is 18.5 Å². The molecule has 88 valence electrons. The van der Waals surface area contributed by atoms with Crippen molar-refractivity contribution in [2.75, 3.05) is 11.9 Å². The second kappa shape index (κ2) is 4.71. The van der Waals surface area contributed by atoms with Crippen LogP contribution in [0.4, 0.5) is 5.69 Å². The van der Waals surface area contributed by atoms with E-state index in [1.54, 1.807) is 13.0 Å². The van der Waals surface area contributed by atoms with Gasteiger partial charge in [-0.25, -0.2) is 4.79 Å². The maximum absolute atomic E-state index is 11.7. The predicted octanol–water partition coefficient (Wildman–Crippen LogP) is 2.35. The molecule has 1 aliphatic heterocycles. The van der Waals surface area contributed by atoms with Crippen molar-refractivity contribution < 1.29 is 14.3 Å². The number of amides is 1. The van der Waals surface area contributed by atoms with Gasteiger partial charge in [0, 0.05) is 16.1 Å². The van der Waals surface area contributed by atoms with Crippen LogP contribution in [0.3, 0.4) is 0 Å². The monoisotopic (exact) mass is 295 g/mol. The van der Waals surface area contributed by atoms with Gasteiger partial charge in [0.1, 0.15) is 0 Å². The zero-order valence-electron chi connectivity index (χ0n) is 9.12. The standard InChI is InChI=1S/C12H10BrNO3/c1-2-17-10(15)6-8-7-4-3-5-9(13)11(7)14-12(8)16/h3-6H,2H2,1H3,(H,14,16)/b8-6+. The normalized spacial score (nSPS) is 15.6. The minimum Gasteiger partial charge on any atom is -0.463 e. The Bertz CT molecular complexity index is 522. The van der Waals surface area contributed by atoms with Crippen LogP contribution in [-0.2, 0) is 14.3 Å². The lowest BCUT2D eigenvalue weighted by Gasteiger charge is -2.00. The van der Waals surface area contributed by atoms with E-state index in [2.05, 4.69) is 21.2 Å². The van der Waals surface area contributed by atoms with Crippen molar-refractivity contribution in [3.63, 3.8) is 0 Å². The summed E-state index contributed by atoms with van der Waals surface area (Å²) in [6.07, 6.45) is 1.22. The first-order valence-corrected chi connectivity index (χ1v) is 5.91. The molecule has 1 N–H and O–H groups in total. The number of benzene rings is 1. The van der Waals surface area contributed by atoms with Crippen molar-refractivity contribution in [1.29, 1.82) is 0 Å². The summed E-state index contributed by atoms with van der Waals surface area (Å²) in [7, 11) is 0. The summed E-state index contributed by atoms with van der Waals surface area (Å²) < 4.78 is 5.58. The fraction of sp³-hybridized carbons (Fsp3) is 0.167. The van der Waals surface area contributed by atoms with Crippen LogP contribution >= 0.6 is 15.9 Å². The third-order valence-electron chi connectivity index (χ3n) is 2.34. The molecule has 0 saturated carbocycles. The third kappa shape index (κ3) is 2.24. The maximum Gasteiger partial charge on any atom is 0.331 e. The molecule has 0 atom stereocenters. The Balaban J connectivity index is 2.42. The number of para-hydroxylation sites is 1. The number of rotatable bonds is 2. The van der Waals surface area contributed by atoms with Crippen molar-refractivity contribution in [3.05, 3.63) is 34.3 Å². The van der Waals surface area contributed by atoms with Crippen molar-refractivity contribution in [3.8, 4) is 0 Å². The molecule has 1 aliphatic rings. The molecule has 2 rings (SSSR count). The molecule has 0 aliphatic carbocycles. The minimum atomic E-state index is -0.509. The summed E-state index contributed by atoms with van der Waals surface area (Å²) in [4.78, 5) is 23.1. The molecule has 5 heteroatoms. The van der Waals surface area contributed by atoms with Gasteiger partial charge in [0.15, 0.2) is 0 Å². The zero-order valence-corrected chi connectivity index (χ0v) is 10.7. The molecule has 0 unspecified atom stereocenters. The van der Waals surface area contributed by atoms with Crippen LogP contribution < -0.4 is 5.32 Å². The highest BCUT2D eigenvalue weighted by atomic mass is 79.9. The topological polar surface area (TPSA) is 55.4 Å². The Hall–Kier alpha value is -1.62. The lowest BCUT2D eigenvalue weighted by Crippen LogP contribution is -2.07. The minimum absolute atomic E-state index is 0.287. The Morgan fingerprint density at radius 1 is 1.53 bits per heavy atom. The van der Waals surface area contributed by atoms with Gasteiger partial charge in [0.05, 0.1) is 17.9 Å². The van der Waals surface area contributed by atoms with Crippen LogP contribution in [0.2, 0.25) is 0 Å². The lowest BCUT2D eigenvalue weighted by molar-refractivity contribution is -0.137. The molecule has 1 aromatic rings. The second-order valence-corrected chi connectivity index (χ2v) is 4.28. The fourth-order valence-corrected chi connectivity index (χ4v) is 2.09. The van der Waals surface area contributed by atoms with Gasteiger partial charge in [-0.1, -0.05) is 12.1 Å². The number of ether oxygens (including phenoxy) is 1. The van der Waals surface area contributed by atoms with Crippen LogP contribution in [0.15, 0.2) is 28.7 Å². The van der Waals surface area contributed by atoms with Crippen LogP contribution in [0.1, 0.15) is 12.5 Å². The summed E-state index contributed by atoms with van der Waals surface area (Å²) in [5.74, 6) is -0.801. The molecule has 0 fully saturated rings. The van der Waals surface area contributed by atoms with Crippen molar-refractivity contribution in [1.82, 2.24) is 0 Å². The summed E-state index contributed by atoms with van der Waals surface area (Å²) in [5.41, 5.74) is 1.73. The number of nitrogens with one attached hydrogen (secondary N) is 1. The Kier molecular flexibility index (Phi) is 3.28. The van der Waals surface area contributed by atoms with E-state index in [1.165, 1.54) is 6.08 Å². The van der Waals surface area contributed by atoms with Gasteiger partial charge in [-0.2, -0.15) is 0 Å². The molecular weight excluding hydrogens is 286 g/mol. The number of halogens is 1. The van der Waals surface area contributed by atoms with E-state index in [1.807, 2.05) is 12.1 Å². The number of fused-ring (bicyclic) bond motifs is 1. The zero-order chi connectivity index (χ0) is 12.4. The van der Waals surface area contributed by atoms with Crippen molar-refractivity contribution in [2.45, 2.75) is 6.92 Å². The van der Waals surface area contributed by atoms with Gasteiger partial charge >= 0.3 is 5.97 Å². The summed E-state index contributed by atoms with van der Waals surface area (Å²) in [6.45, 7) is 2.01. The van der Waals surface area contributed by atoms with Crippen molar-refractivity contribution in [2.24, 2.45) is 0 Å². The fourth-order valence-electron chi connectivity index (χ4n) is 1.62. The molecule has 17 heavy (non-hydrogen) atoms. The van der Waals surface area contributed by atoms with Gasteiger partial charge in [0.25, 0.3) is 5.91 Å². The molecule has 0 bridgehead atoms. The summed E-state index contributed by atoms with van der Waals surface area (Å²) >= 11 is 3.34. The second-order valence-electron chi connectivity index (χ2n) is 3.43. The summed E-state index contributed by atoms with van der Waals surface area (Å²) in [5, 5.41) is 2.70. The smallest absolute Gasteiger partial charge is 0.331 e. The molecule has 0 saturated heterocycles. The van der Waals surface area contributed by atoms with Gasteiger partial charge in [-0.05, 0) is 28.9 Å². The maximum atomic E-state index is 11.7. The molecule has 0 spiro atoms. The van der Waals surface area contributed by atoms with E-state index in [-0.39, 0.29) is 12.5 Å². The molecular formula is C12H10BrNO3. The quantitative estimate of drug-likeness (QED) is 0.673. The Morgan fingerprint density at radius 3 is 3.00 bits per heavy atom. The lowest BCUT2D eigenvalue weighted by atomic mass is 10.1. The van der Waals surface area contributed by atoms with Gasteiger partial charge < -0.3 is 10.1 Å². The van der Waals surface area contributed by atoms with E-state index in [4.69, 9.17) is 4.74 Å². The third-order valence-corrected chi connectivity index (χ3v) is 3.00. The average Bonchev–Trinajstić information content (AvgIpc) is 2.58. The number of carbonyl (C=O) groups excluding carboxylic acids is 2. The first-order chi connectivity index (χ1) is 8.13. The average molecular weight is 296 g/mol. The van der Waals surface area contributed by atoms with Crippen LogP contribution in [0.5, 0.6) is 0 Å². The molecule has 1 aromatic carbocycles. The highest BCUT2D eigenvalue weighted by Crippen LogP contribution is 2.36. The van der Waals surface area contributed by atoms with Gasteiger partial charge in [-0.3, -0.25) is 4.79 Å². The number of hydrogen-bond donors (Lipinski definition) is 1. The molecule has 4 nitrogen and oxygen atoms in total.